The van der Waals surface area contributed by atoms with Gasteiger partial charge in [0.15, 0.2) is 6.10 Å². The Morgan fingerprint density at radius 3 is 1.36 bits per heavy atom. The maximum absolute atomic E-state index is 12.6. The summed E-state index contributed by atoms with van der Waals surface area (Å²) >= 11 is 0. The number of phosphoric acid groups is 1. The third-order valence-electron chi connectivity index (χ3n) is 8.63. The van der Waals surface area contributed by atoms with Gasteiger partial charge in [-0.2, -0.15) is 0 Å². The van der Waals surface area contributed by atoms with Gasteiger partial charge in [0.2, 0.25) is 0 Å². The van der Waals surface area contributed by atoms with E-state index < -0.39 is 58.4 Å². The minimum Gasteiger partial charge on any atom is -0.462 e. The first kappa shape index (κ1) is 57.4. The normalized spacial score (nSPS) is 14.9. The second-order valence-electron chi connectivity index (χ2n) is 14.3. The number of carbonyl (C=O) groups is 2. The van der Waals surface area contributed by atoms with Crippen LogP contribution in [0.4, 0.5) is 0 Å². The molecule has 3 atom stereocenters. The molecule has 0 saturated carbocycles. The number of hydrogen-bond donors (Lipinski definition) is 3. The van der Waals surface area contributed by atoms with Crippen molar-refractivity contribution in [3.05, 3.63) is 122 Å². The maximum atomic E-state index is 12.6. The second-order valence-corrected chi connectivity index (χ2v) is 15.8. The van der Waals surface area contributed by atoms with Crippen LogP contribution in [0.2, 0.25) is 0 Å². The summed E-state index contributed by atoms with van der Waals surface area (Å²) < 4.78 is 32.6. The van der Waals surface area contributed by atoms with Crippen LogP contribution in [0.3, 0.4) is 0 Å². The molecule has 0 aromatic carbocycles. The SMILES string of the molecule is CCC=CCC=CCC=CCC=CCC=CCC=CCCC(=O)OCC(COP(=O)(O)OCC(O)CO)OC(=O)CCC=CCC=CCC=CCC=CCCCCCCCC. The monoisotopic (exact) mass is 871 g/mol. The average Bonchev–Trinajstić information content (AvgIpc) is 3.25. The summed E-state index contributed by atoms with van der Waals surface area (Å²) in [5, 5.41) is 18.3. The maximum Gasteiger partial charge on any atom is 0.472 e. The van der Waals surface area contributed by atoms with Crippen molar-refractivity contribution in [3.63, 3.8) is 0 Å². The zero-order valence-electron chi connectivity index (χ0n) is 37.3. The molecule has 0 aliphatic rings. The third kappa shape index (κ3) is 44.2. The van der Waals surface area contributed by atoms with Crippen LogP contribution in [-0.4, -0.2) is 65.7 Å². The molecule has 0 aromatic rings. The van der Waals surface area contributed by atoms with E-state index in [1.807, 2.05) is 24.3 Å². The lowest BCUT2D eigenvalue weighted by Gasteiger charge is -2.20. The molecule has 3 N–H and O–H groups in total. The fourth-order valence-electron chi connectivity index (χ4n) is 5.20. The van der Waals surface area contributed by atoms with Gasteiger partial charge in [0.25, 0.3) is 0 Å². The highest BCUT2D eigenvalue weighted by Gasteiger charge is 2.27. The number of aliphatic hydroxyl groups is 2. The van der Waals surface area contributed by atoms with Gasteiger partial charge >= 0.3 is 19.8 Å². The van der Waals surface area contributed by atoms with E-state index in [9.17, 15) is 24.2 Å². The van der Waals surface area contributed by atoms with E-state index in [0.717, 1.165) is 64.2 Å². The van der Waals surface area contributed by atoms with Crippen LogP contribution in [0.25, 0.3) is 0 Å². The molecule has 0 fully saturated rings. The Balaban J connectivity index is 4.54. The third-order valence-corrected chi connectivity index (χ3v) is 9.58. The molecule has 0 saturated heterocycles. The van der Waals surface area contributed by atoms with Gasteiger partial charge in [-0.1, -0.05) is 167 Å². The Morgan fingerprint density at radius 1 is 0.508 bits per heavy atom. The molecule has 0 spiro atoms. The fourth-order valence-corrected chi connectivity index (χ4v) is 5.99. The fraction of sp³-hybridized carbons (Fsp3) is 0.560. The van der Waals surface area contributed by atoms with Gasteiger partial charge in [0, 0.05) is 12.8 Å². The Hall–Kier alpha value is -3.63. The van der Waals surface area contributed by atoms with Crippen molar-refractivity contribution in [2.75, 3.05) is 26.4 Å². The number of carbonyl (C=O) groups excluding carboxylic acids is 2. The molecule has 0 bridgehead atoms. The number of allylic oxidation sites excluding steroid dienone is 20. The first-order valence-corrected chi connectivity index (χ1v) is 24.0. The Kier molecular flexibility index (Phi) is 41.8. The van der Waals surface area contributed by atoms with E-state index in [4.69, 9.17) is 19.1 Å². The van der Waals surface area contributed by atoms with E-state index in [2.05, 4.69) is 116 Å². The van der Waals surface area contributed by atoms with E-state index in [0.29, 0.717) is 12.8 Å². The molecule has 344 valence electrons. The smallest absolute Gasteiger partial charge is 0.462 e. The van der Waals surface area contributed by atoms with Gasteiger partial charge in [-0.25, -0.2) is 4.57 Å². The van der Waals surface area contributed by atoms with E-state index in [1.165, 1.54) is 38.5 Å². The van der Waals surface area contributed by atoms with Gasteiger partial charge in [-0.15, -0.1) is 0 Å². The Morgan fingerprint density at radius 2 is 0.902 bits per heavy atom. The lowest BCUT2D eigenvalue weighted by atomic mass is 10.1. The van der Waals surface area contributed by atoms with E-state index in [1.54, 1.807) is 0 Å². The molecule has 0 aliphatic carbocycles. The van der Waals surface area contributed by atoms with Crippen molar-refractivity contribution < 1.29 is 47.8 Å². The molecule has 0 amide bonds. The van der Waals surface area contributed by atoms with Crippen LogP contribution in [-0.2, 0) is 32.7 Å². The first-order chi connectivity index (χ1) is 29.7. The number of esters is 2. The van der Waals surface area contributed by atoms with Gasteiger partial charge in [0.05, 0.1) is 19.8 Å². The minimum absolute atomic E-state index is 0.0401. The van der Waals surface area contributed by atoms with Crippen LogP contribution in [0.15, 0.2) is 122 Å². The van der Waals surface area contributed by atoms with Crippen molar-refractivity contribution >= 4 is 19.8 Å². The number of unbranched alkanes of at least 4 members (excludes halogenated alkanes) is 6. The number of hydrogen-bond acceptors (Lipinski definition) is 9. The molecule has 0 aliphatic heterocycles. The van der Waals surface area contributed by atoms with Gasteiger partial charge < -0.3 is 24.6 Å². The summed E-state index contributed by atoms with van der Waals surface area (Å²) in [6.45, 7) is 2.07. The zero-order valence-corrected chi connectivity index (χ0v) is 38.2. The van der Waals surface area contributed by atoms with Gasteiger partial charge in [-0.05, 0) is 83.5 Å². The lowest BCUT2D eigenvalue weighted by molar-refractivity contribution is -0.161. The number of aliphatic hydroxyl groups excluding tert-OH is 2. The number of rotatable bonds is 40. The van der Waals surface area contributed by atoms with Crippen LogP contribution in [0.1, 0.15) is 142 Å². The summed E-state index contributed by atoms with van der Waals surface area (Å²) in [7, 11) is -4.66. The van der Waals surface area contributed by atoms with Gasteiger partial charge in [0.1, 0.15) is 12.7 Å². The predicted octanol–water partition coefficient (Wildman–Crippen LogP) is 12.3. The van der Waals surface area contributed by atoms with Crippen molar-refractivity contribution in [1.82, 2.24) is 0 Å². The van der Waals surface area contributed by atoms with Gasteiger partial charge in [-0.3, -0.25) is 18.6 Å². The largest absolute Gasteiger partial charge is 0.472 e. The van der Waals surface area contributed by atoms with Crippen LogP contribution < -0.4 is 0 Å². The molecule has 61 heavy (non-hydrogen) atoms. The highest BCUT2D eigenvalue weighted by Crippen LogP contribution is 2.43. The lowest BCUT2D eigenvalue weighted by Crippen LogP contribution is -2.29. The molecule has 10 nitrogen and oxygen atoms in total. The van der Waals surface area contributed by atoms with Crippen molar-refractivity contribution in [3.8, 4) is 0 Å². The number of phosphoric ester groups is 1. The van der Waals surface area contributed by atoms with Crippen LogP contribution >= 0.6 is 7.82 Å². The summed E-state index contributed by atoms with van der Waals surface area (Å²) in [4.78, 5) is 35.0. The van der Waals surface area contributed by atoms with Crippen LogP contribution in [0, 0.1) is 0 Å². The minimum atomic E-state index is -4.66. The highest BCUT2D eigenvalue weighted by atomic mass is 31.2. The molecular formula is C50H79O10P. The highest BCUT2D eigenvalue weighted by molar-refractivity contribution is 7.47. The molecule has 0 radical (unpaired) electrons. The van der Waals surface area contributed by atoms with E-state index >= 15 is 0 Å². The Labute approximate surface area is 368 Å². The Bertz CT molecular complexity index is 1420. The number of ether oxygens (including phenoxy) is 2. The first-order valence-electron chi connectivity index (χ1n) is 22.5. The second kappa shape index (κ2) is 44.4. The topological polar surface area (TPSA) is 149 Å². The quantitative estimate of drug-likeness (QED) is 0.0235. The van der Waals surface area contributed by atoms with Crippen molar-refractivity contribution in [2.24, 2.45) is 0 Å². The molecule has 3 unspecified atom stereocenters. The predicted molar refractivity (Wildman–Crippen MR) is 251 cm³/mol. The summed E-state index contributed by atoms with van der Waals surface area (Å²) in [6, 6.07) is 0. The van der Waals surface area contributed by atoms with Crippen molar-refractivity contribution in [1.29, 1.82) is 0 Å². The molecule has 0 heterocycles. The summed E-state index contributed by atoms with van der Waals surface area (Å²) in [5.74, 6) is -1.13. The van der Waals surface area contributed by atoms with Crippen molar-refractivity contribution in [2.45, 2.75) is 154 Å². The summed E-state index contributed by atoms with van der Waals surface area (Å²) in [5.41, 5.74) is 0. The molecular weight excluding hydrogens is 792 g/mol. The zero-order chi connectivity index (χ0) is 44.8. The standard InChI is InChI=1S/C50H79O10P/c1-3-5-7-9-11-13-15-17-19-21-23-25-27-29-31-33-35-37-39-41-49(53)57-45-48(46-59-61(55,56)58-44-47(52)43-51)60-50(54)42-40-38-36-34-32-30-28-26-24-22-20-18-16-14-12-10-8-6-4-2/h5,7,11,13,17-20,23-26,29-32,35-38,47-48,51-52H,3-4,6,8-10,12,14-16,21-22,27-28,33-34,39-46H2,1-2H3,(H,55,56). The summed E-state index contributed by atoms with van der Waals surface area (Å²) in [6.07, 6.45) is 57.7. The molecule has 0 aromatic heterocycles. The molecule has 11 heteroatoms. The average molecular weight is 871 g/mol. The molecule has 0 rings (SSSR count). The van der Waals surface area contributed by atoms with E-state index in [-0.39, 0.29) is 12.8 Å². The van der Waals surface area contributed by atoms with Crippen LogP contribution in [0.5, 0.6) is 0 Å².